The third kappa shape index (κ3) is 3.59. The maximum Gasteiger partial charge on any atom is 0.229 e. The van der Waals surface area contributed by atoms with Crippen molar-refractivity contribution in [2.24, 2.45) is 5.73 Å². The van der Waals surface area contributed by atoms with Crippen molar-refractivity contribution in [1.82, 2.24) is 9.88 Å². The molecular weight excluding hydrogens is 278 g/mol. The molecule has 0 aliphatic carbocycles. The van der Waals surface area contributed by atoms with Crippen LogP contribution in [0.5, 0.6) is 0 Å². The summed E-state index contributed by atoms with van der Waals surface area (Å²) in [4.78, 5) is 26.1. The Morgan fingerprint density at radius 2 is 2.15 bits per heavy atom. The van der Waals surface area contributed by atoms with Gasteiger partial charge in [0.25, 0.3) is 0 Å². The highest BCUT2D eigenvalue weighted by molar-refractivity contribution is 6.35. The summed E-state index contributed by atoms with van der Waals surface area (Å²) in [6.07, 6.45) is 3.26. The van der Waals surface area contributed by atoms with Crippen LogP contribution in [-0.4, -0.2) is 36.3 Å². The Balaban J connectivity index is 0.000000956. The van der Waals surface area contributed by atoms with E-state index in [4.69, 9.17) is 11.6 Å². The van der Waals surface area contributed by atoms with Gasteiger partial charge in [-0.3, -0.25) is 14.5 Å². The van der Waals surface area contributed by atoms with Gasteiger partial charge in [-0.15, -0.1) is 0 Å². The molecule has 0 unspecified atom stereocenters. The molecule has 3 N–H and O–H groups in total. The number of carbonyl (C=O) groups is 2. The molecule has 0 saturated heterocycles. The van der Waals surface area contributed by atoms with Gasteiger partial charge in [0.1, 0.15) is 0 Å². The first-order valence-corrected chi connectivity index (χ1v) is 6.54. The number of hydrogen-bond acceptors (Lipinski definition) is 3. The van der Waals surface area contributed by atoms with Gasteiger partial charge in [0, 0.05) is 25.1 Å². The fourth-order valence-corrected chi connectivity index (χ4v) is 2.09. The van der Waals surface area contributed by atoms with Crippen LogP contribution in [0.3, 0.4) is 0 Å². The molecule has 0 radical (unpaired) electrons. The predicted molar refractivity (Wildman–Crippen MR) is 80.6 cm³/mol. The number of benzene rings is 1. The Bertz CT molecular complexity index is 595. The van der Waals surface area contributed by atoms with E-state index in [1.165, 1.54) is 14.1 Å². The minimum Gasteiger partial charge on any atom is -0.360 e. The quantitative estimate of drug-likeness (QED) is 0.846. The molecule has 0 atom stereocenters. The average Bonchev–Trinajstić information content (AvgIpc) is 2.90. The summed E-state index contributed by atoms with van der Waals surface area (Å²) < 4.78 is 0. The number of amides is 2. The number of carbonyl (C=O) groups excluding carboxylic acids is 2. The number of imide groups is 1. The number of para-hydroxylation sites is 1. The Hall–Kier alpha value is -1.85. The lowest BCUT2D eigenvalue weighted by Gasteiger charge is -2.07. The molecule has 0 saturated carbocycles. The summed E-state index contributed by atoms with van der Waals surface area (Å²) in [5, 5.41) is 1.68. The summed E-state index contributed by atoms with van der Waals surface area (Å²) in [5.74, 6) is -0.193. The first-order chi connectivity index (χ1) is 9.63. The summed E-state index contributed by atoms with van der Waals surface area (Å²) in [7, 11) is 2.96. The van der Waals surface area contributed by atoms with Gasteiger partial charge in [-0.25, -0.2) is 0 Å². The standard InChI is InChI=1S/C13H13ClN2O2.CH5N/c1-16(8-17)12(18)6-5-9-7-15-13-10(9)3-2-4-11(13)14;1-2/h2-4,7-8,15H,5-6H2,1H3;2H2,1H3. The first-order valence-electron chi connectivity index (χ1n) is 6.16. The number of hydrogen-bond donors (Lipinski definition) is 2. The third-order valence-corrected chi connectivity index (χ3v) is 3.22. The molecule has 2 rings (SSSR count). The van der Waals surface area contributed by atoms with E-state index in [1.807, 2.05) is 24.4 Å². The zero-order chi connectivity index (χ0) is 15.1. The molecule has 1 heterocycles. The molecule has 0 bridgehead atoms. The maximum atomic E-state index is 11.5. The van der Waals surface area contributed by atoms with Gasteiger partial charge in [0.15, 0.2) is 0 Å². The number of nitrogens with two attached hydrogens (primary N) is 1. The number of halogens is 1. The molecule has 0 spiro atoms. The van der Waals surface area contributed by atoms with Gasteiger partial charge in [-0.1, -0.05) is 23.7 Å². The Morgan fingerprint density at radius 1 is 1.45 bits per heavy atom. The van der Waals surface area contributed by atoms with E-state index < -0.39 is 0 Å². The number of aromatic amines is 1. The highest BCUT2D eigenvalue weighted by Crippen LogP contribution is 2.25. The van der Waals surface area contributed by atoms with Gasteiger partial charge < -0.3 is 10.7 Å². The van der Waals surface area contributed by atoms with Gasteiger partial charge in [0.05, 0.1) is 10.5 Å². The Labute approximate surface area is 122 Å². The SMILES string of the molecule is CN.CN(C=O)C(=O)CCc1c[nH]c2c(Cl)cccc12. The van der Waals surface area contributed by atoms with E-state index in [1.54, 1.807) is 0 Å². The topological polar surface area (TPSA) is 79.2 Å². The van der Waals surface area contributed by atoms with Gasteiger partial charge >= 0.3 is 0 Å². The van der Waals surface area contributed by atoms with Crippen molar-refractivity contribution in [3.8, 4) is 0 Å². The highest BCUT2D eigenvalue weighted by Gasteiger charge is 2.10. The van der Waals surface area contributed by atoms with Gasteiger partial charge in [0.2, 0.25) is 12.3 Å². The smallest absolute Gasteiger partial charge is 0.229 e. The monoisotopic (exact) mass is 295 g/mol. The van der Waals surface area contributed by atoms with Crippen LogP contribution in [0, 0.1) is 0 Å². The van der Waals surface area contributed by atoms with E-state index in [9.17, 15) is 9.59 Å². The van der Waals surface area contributed by atoms with Crippen LogP contribution in [0.4, 0.5) is 0 Å². The lowest BCUT2D eigenvalue weighted by atomic mass is 10.1. The minimum atomic E-state index is -0.193. The van der Waals surface area contributed by atoms with Crippen LogP contribution < -0.4 is 5.73 Å². The molecule has 5 nitrogen and oxygen atoms in total. The van der Waals surface area contributed by atoms with E-state index in [0.29, 0.717) is 24.3 Å². The van der Waals surface area contributed by atoms with Crippen molar-refractivity contribution in [3.05, 3.63) is 35.0 Å². The zero-order valence-corrected chi connectivity index (χ0v) is 12.3. The molecule has 0 fully saturated rings. The van der Waals surface area contributed by atoms with Crippen molar-refractivity contribution in [3.63, 3.8) is 0 Å². The molecule has 0 aliphatic rings. The summed E-state index contributed by atoms with van der Waals surface area (Å²) in [5.41, 5.74) is 6.41. The number of H-pyrrole nitrogens is 1. The number of aryl methyl sites for hydroxylation is 1. The second-order valence-electron chi connectivity index (χ2n) is 4.09. The number of nitrogens with zero attached hydrogens (tertiary/aromatic N) is 1. The van der Waals surface area contributed by atoms with Crippen LogP contribution in [0.15, 0.2) is 24.4 Å². The predicted octanol–water partition coefficient (Wildman–Crippen LogP) is 1.94. The van der Waals surface area contributed by atoms with Gasteiger partial charge in [-0.05, 0) is 25.1 Å². The fourth-order valence-electron chi connectivity index (χ4n) is 1.86. The second-order valence-corrected chi connectivity index (χ2v) is 4.49. The molecule has 1 aromatic heterocycles. The highest BCUT2D eigenvalue weighted by atomic mass is 35.5. The van der Waals surface area contributed by atoms with Crippen LogP contribution in [0.1, 0.15) is 12.0 Å². The molecule has 2 aromatic rings. The fraction of sp³-hybridized carbons (Fsp3) is 0.286. The Kier molecular flexibility index (Phi) is 6.21. The molecule has 1 aromatic carbocycles. The molecular formula is C14H18ClN3O2. The maximum absolute atomic E-state index is 11.5. The molecule has 108 valence electrons. The van der Waals surface area contributed by atoms with Crippen LogP contribution in [0.2, 0.25) is 5.02 Å². The largest absolute Gasteiger partial charge is 0.360 e. The third-order valence-electron chi connectivity index (χ3n) is 2.91. The number of aromatic nitrogens is 1. The van der Waals surface area contributed by atoms with Crippen LogP contribution >= 0.6 is 11.6 Å². The van der Waals surface area contributed by atoms with Crippen molar-refractivity contribution in [1.29, 1.82) is 0 Å². The van der Waals surface area contributed by atoms with Crippen LogP contribution in [-0.2, 0) is 16.0 Å². The summed E-state index contributed by atoms with van der Waals surface area (Å²) >= 11 is 6.05. The summed E-state index contributed by atoms with van der Waals surface area (Å²) in [6.45, 7) is 0. The van der Waals surface area contributed by atoms with Crippen molar-refractivity contribution in [2.45, 2.75) is 12.8 Å². The van der Waals surface area contributed by atoms with Crippen molar-refractivity contribution in [2.75, 3.05) is 14.1 Å². The van der Waals surface area contributed by atoms with E-state index in [0.717, 1.165) is 21.4 Å². The second kappa shape index (κ2) is 7.67. The molecule has 2 amide bonds. The van der Waals surface area contributed by atoms with E-state index in [-0.39, 0.29) is 5.91 Å². The molecule has 20 heavy (non-hydrogen) atoms. The van der Waals surface area contributed by atoms with Gasteiger partial charge in [-0.2, -0.15) is 0 Å². The molecule has 6 heteroatoms. The number of nitrogens with one attached hydrogen (secondary N) is 1. The average molecular weight is 296 g/mol. The van der Waals surface area contributed by atoms with E-state index >= 15 is 0 Å². The molecule has 0 aliphatic heterocycles. The van der Waals surface area contributed by atoms with Crippen LogP contribution in [0.25, 0.3) is 10.9 Å². The van der Waals surface area contributed by atoms with Crippen molar-refractivity contribution < 1.29 is 9.59 Å². The van der Waals surface area contributed by atoms with E-state index in [2.05, 4.69) is 10.7 Å². The lowest BCUT2D eigenvalue weighted by Crippen LogP contribution is -2.24. The normalized spacial score (nSPS) is 9.80. The Morgan fingerprint density at radius 3 is 2.80 bits per heavy atom. The summed E-state index contributed by atoms with van der Waals surface area (Å²) in [6, 6.07) is 5.65. The number of fused-ring (bicyclic) bond motifs is 1. The zero-order valence-electron chi connectivity index (χ0n) is 11.5. The lowest BCUT2D eigenvalue weighted by molar-refractivity contribution is -0.136. The first kappa shape index (κ1) is 16.2. The number of rotatable bonds is 4. The minimum absolute atomic E-state index is 0.193. The van der Waals surface area contributed by atoms with Crippen molar-refractivity contribution >= 4 is 34.8 Å².